The van der Waals surface area contributed by atoms with Gasteiger partial charge in [0.05, 0.1) is 5.60 Å². The molecule has 1 aromatic rings. The van der Waals surface area contributed by atoms with Crippen molar-refractivity contribution in [2.75, 3.05) is 20.2 Å². The molecule has 2 rings (SSSR count). The van der Waals surface area contributed by atoms with Gasteiger partial charge in [0.15, 0.2) is 0 Å². The first kappa shape index (κ1) is 13.7. The molecule has 1 aliphatic heterocycles. The number of fused-ring (bicyclic) bond motifs is 1. The summed E-state index contributed by atoms with van der Waals surface area (Å²) in [5, 5.41) is 4.15. The topological polar surface area (TPSA) is 30.5 Å². The van der Waals surface area contributed by atoms with E-state index in [0.29, 0.717) is 0 Å². The summed E-state index contributed by atoms with van der Waals surface area (Å²) in [5.74, 6) is 0.956. The summed E-state index contributed by atoms with van der Waals surface area (Å²) in [5.41, 5.74) is 1.05. The van der Waals surface area contributed by atoms with Gasteiger partial charge in [0.25, 0.3) is 0 Å². The van der Waals surface area contributed by atoms with Gasteiger partial charge in [-0.3, -0.25) is 0 Å². The smallest absolute Gasteiger partial charge is 0.123 e. The second-order valence-electron chi connectivity index (χ2n) is 5.29. The van der Waals surface area contributed by atoms with Crippen LogP contribution in [0.25, 0.3) is 0 Å². The van der Waals surface area contributed by atoms with E-state index in [1.165, 1.54) is 5.56 Å². The van der Waals surface area contributed by atoms with Crippen molar-refractivity contribution >= 4 is 11.6 Å². The molecule has 0 radical (unpaired) electrons. The average Bonchev–Trinajstić information content (AvgIpc) is 2.70. The van der Waals surface area contributed by atoms with Gasteiger partial charge in [0.2, 0.25) is 0 Å². The van der Waals surface area contributed by atoms with Crippen molar-refractivity contribution in [1.29, 1.82) is 0 Å². The maximum Gasteiger partial charge on any atom is 0.123 e. The Morgan fingerprint density at radius 1 is 1.50 bits per heavy atom. The van der Waals surface area contributed by atoms with Gasteiger partial charge in [-0.2, -0.15) is 0 Å². The molecule has 1 aliphatic rings. The molecule has 0 saturated heterocycles. The predicted molar refractivity (Wildman–Crippen MR) is 73.5 cm³/mol. The van der Waals surface area contributed by atoms with Gasteiger partial charge in [-0.15, -0.1) is 0 Å². The number of nitrogens with one attached hydrogen (secondary N) is 1. The normalized spacial score (nSPS) is 18.6. The van der Waals surface area contributed by atoms with Crippen LogP contribution in [0, 0.1) is 0 Å². The number of hydrogen-bond acceptors (Lipinski definition) is 3. The van der Waals surface area contributed by atoms with Gasteiger partial charge in [-0.25, -0.2) is 0 Å². The van der Waals surface area contributed by atoms with Crippen molar-refractivity contribution in [3.8, 4) is 5.75 Å². The van der Waals surface area contributed by atoms with Crippen LogP contribution >= 0.6 is 11.6 Å². The Morgan fingerprint density at radius 3 is 3.00 bits per heavy atom. The van der Waals surface area contributed by atoms with E-state index in [9.17, 15) is 0 Å². The van der Waals surface area contributed by atoms with E-state index < -0.39 is 0 Å². The molecule has 0 aliphatic carbocycles. The Morgan fingerprint density at radius 2 is 2.28 bits per heavy atom. The Kier molecular flexibility index (Phi) is 4.15. The lowest BCUT2D eigenvalue weighted by Crippen LogP contribution is -2.40. The summed E-state index contributed by atoms with van der Waals surface area (Å²) >= 11 is 5.97. The van der Waals surface area contributed by atoms with Crippen molar-refractivity contribution in [3.63, 3.8) is 0 Å². The summed E-state index contributed by atoms with van der Waals surface area (Å²) in [4.78, 5) is 0. The molecule has 0 fully saturated rings. The summed E-state index contributed by atoms with van der Waals surface area (Å²) in [7, 11) is 1.73. The van der Waals surface area contributed by atoms with Crippen molar-refractivity contribution < 1.29 is 9.47 Å². The number of methoxy groups -OCH3 is 1. The Hall–Kier alpha value is -0.770. The minimum Gasteiger partial charge on any atom is -0.488 e. The zero-order chi connectivity index (χ0) is 13.2. The zero-order valence-corrected chi connectivity index (χ0v) is 11.9. The molecule has 3 nitrogen and oxygen atoms in total. The molecule has 0 amide bonds. The molecule has 0 bridgehead atoms. The van der Waals surface area contributed by atoms with Crippen LogP contribution in [-0.2, 0) is 11.2 Å². The molecule has 1 heterocycles. The van der Waals surface area contributed by atoms with Gasteiger partial charge in [-0.1, -0.05) is 11.6 Å². The third-order valence-corrected chi connectivity index (χ3v) is 3.47. The van der Waals surface area contributed by atoms with Crippen LogP contribution in [0.2, 0.25) is 5.02 Å². The van der Waals surface area contributed by atoms with Gasteiger partial charge < -0.3 is 14.8 Å². The molecule has 100 valence electrons. The number of halogens is 1. The second-order valence-corrected chi connectivity index (χ2v) is 5.73. The summed E-state index contributed by atoms with van der Waals surface area (Å²) in [6, 6.07) is 5.79. The molecule has 0 saturated carbocycles. The predicted octanol–water partition coefficient (Wildman–Crippen LogP) is 2.66. The molecule has 18 heavy (non-hydrogen) atoms. The van der Waals surface area contributed by atoms with Gasteiger partial charge >= 0.3 is 0 Å². The summed E-state index contributed by atoms with van der Waals surface area (Å²) < 4.78 is 11.2. The first-order chi connectivity index (χ1) is 8.50. The molecular formula is C14H20ClNO2. The molecule has 4 heteroatoms. The van der Waals surface area contributed by atoms with Crippen LogP contribution in [0.5, 0.6) is 5.75 Å². The van der Waals surface area contributed by atoms with E-state index in [-0.39, 0.29) is 11.7 Å². The molecule has 0 aromatic heterocycles. The number of rotatable bonds is 5. The van der Waals surface area contributed by atoms with Crippen LogP contribution in [0.1, 0.15) is 19.4 Å². The maximum absolute atomic E-state index is 5.97. The fraction of sp³-hybridized carbons (Fsp3) is 0.571. The fourth-order valence-electron chi connectivity index (χ4n) is 2.01. The van der Waals surface area contributed by atoms with E-state index in [1.807, 2.05) is 18.2 Å². The molecule has 1 N–H and O–H groups in total. The van der Waals surface area contributed by atoms with E-state index in [1.54, 1.807) is 7.11 Å². The highest BCUT2D eigenvalue weighted by Gasteiger charge is 2.23. The average molecular weight is 270 g/mol. The summed E-state index contributed by atoms with van der Waals surface area (Å²) in [6.45, 7) is 5.74. The van der Waals surface area contributed by atoms with Crippen molar-refractivity contribution in [1.82, 2.24) is 5.32 Å². The Labute approximate surface area is 113 Å². The van der Waals surface area contributed by atoms with E-state index in [2.05, 4.69) is 19.2 Å². The van der Waals surface area contributed by atoms with Crippen LogP contribution in [0.3, 0.4) is 0 Å². The molecule has 1 unspecified atom stereocenters. The van der Waals surface area contributed by atoms with Crippen LogP contribution < -0.4 is 10.1 Å². The lowest BCUT2D eigenvalue weighted by atomic mass is 10.1. The molecule has 0 spiro atoms. The van der Waals surface area contributed by atoms with Gasteiger partial charge in [0.1, 0.15) is 11.9 Å². The number of benzene rings is 1. The highest BCUT2D eigenvalue weighted by Crippen LogP contribution is 2.30. The van der Waals surface area contributed by atoms with E-state index in [0.717, 1.165) is 30.3 Å². The SMILES string of the molecule is COC(C)(C)CNCC1Cc2cc(Cl)ccc2O1. The van der Waals surface area contributed by atoms with E-state index >= 15 is 0 Å². The van der Waals surface area contributed by atoms with Crippen LogP contribution in [-0.4, -0.2) is 31.9 Å². The first-order valence-electron chi connectivity index (χ1n) is 6.21. The third kappa shape index (κ3) is 3.37. The Bertz CT molecular complexity index is 420. The third-order valence-electron chi connectivity index (χ3n) is 3.24. The van der Waals surface area contributed by atoms with Crippen molar-refractivity contribution in [2.24, 2.45) is 0 Å². The monoisotopic (exact) mass is 269 g/mol. The van der Waals surface area contributed by atoms with Crippen LogP contribution in [0.4, 0.5) is 0 Å². The lowest BCUT2D eigenvalue weighted by molar-refractivity contribution is 0.0217. The van der Waals surface area contributed by atoms with E-state index in [4.69, 9.17) is 21.1 Å². The van der Waals surface area contributed by atoms with Crippen molar-refractivity contribution in [3.05, 3.63) is 28.8 Å². The van der Waals surface area contributed by atoms with Crippen molar-refractivity contribution in [2.45, 2.75) is 32.0 Å². The summed E-state index contributed by atoms with van der Waals surface area (Å²) in [6.07, 6.45) is 1.10. The van der Waals surface area contributed by atoms with Gasteiger partial charge in [-0.05, 0) is 37.6 Å². The van der Waals surface area contributed by atoms with Crippen LogP contribution in [0.15, 0.2) is 18.2 Å². The molecule has 1 aromatic carbocycles. The molecule has 1 atom stereocenters. The standard InChI is InChI=1S/C14H20ClNO2/c1-14(2,17-3)9-16-8-12-7-10-6-11(15)4-5-13(10)18-12/h4-6,12,16H,7-9H2,1-3H3. The first-order valence-corrected chi connectivity index (χ1v) is 6.59. The minimum absolute atomic E-state index is 0.144. The number of hydrogen-bond donors (Lipinski definition) is 1. The minimum atomic E-state index is -0.144. The highest BCUT2D eigenvalue weighted by molar-refractivity contribution is 6.30. The molecular weight excluding hydrogens is 250 g/mol. The maximum atomic E-state index is 5.97. The lowest BCUT2D eigenvalue weighted by Gasteiger charge is -2.24. The highest BCUT2D eigenvalue weighted by atomic mass is 35.5. The number of ether oxygens (including phenoxy) is 2. The second kappa shape index (κ2) is 5.47. The quantitative estimate of drug-likeness (QED) is 0.892. The fourth-order valence-corrected chi connectivity index (χ4v) is 2.20. The zero-order valence-electron chi connectivity index (χ0n) is 11.1. The Balaban J connectivity index is 1.81. The van der Waals surface area contributed by atoms with Gasteiger partial charge in [0, 0.05) is 31.6 Å². The largest absolute Gasteiger partial charge is 0.488 e.